The van der Waals surface area contributed by atoms with Crippen LogP contribution in [0.25, 0.3) is 10.2 Å². The Kier molecular flexibility index (Phi) is 2.81. The van der Waals surface area contributed by atoms with Crippen LogP contribution in [0, 0.1) is 5.92 Å². The molecule has 20 heavy (non-hydrogen) atoms. The average Bonchev–Trinajstić information content (AvgIpc) is 3.31. The van der Waals surface area contributed by atoms with E-state index in [0.29, 0.717) is 11.8 Å². The molecule has 0 aliphatic heterocycles. The Balaban J connectivity index is 1.69. The molecule has 2 saturated carbocycles. The number of hydrogen-bond donors (Lipinski definition) is 1. The predicted molar refractivity (Wildman–Crippen MR) is 79.3 cm³/mol. The van der Waals surface area contributed by atoms with Crippen LogP contribution in [0.5, 0.6) is 0 Å². The van der Waals surface area contributed by atoms with Crippen molar-refractivity contribution in [1.29, 1.82) is 0 Å². The lowest BCUT2D eigenvalue weighted by Gasteiger charge is -2.14. The zero-order valence-electron chi connectivity index (χ0n) is 11.2. The molecule has 0 bridgehead atoms. The molecule has 0 spiro atoms. The zero-order chi connectivity index (χ0) is 13.7. The van der Waals surface area contributed by atoms with E-state index in [1.165, 1.54) is 35.4 Å². The maximum absolute atomic E-state index is 11.1. The minimum atomic E-state index is -0.695. The standard InChI is InChI=1S/C16H17NO2S/c18-15(19)8-12(9-1-2-9)11-5-6-14-13(7-11)17-16(20-14)10-3-4-10/h5-7,9-10,12H,1-4,8H2,(H,18,19). The summed E-state index contributed by atoms with van der Waals surface area (Å²) >= 11 is 1.80. The van der Waals surface area contributed by atoms with Gasteiger partial charge in [0.15, 0.2) is 0 Å². The van der Waals surface area contributed by atoms with E-state index < -0.39 is 5.97 Å². The van der Waals surface area contributed by atoms with Crippen molar-refractivity contribution in [3.63, 3.8) is 0 Å². The monoisotopic (exact) mass is 287 g/mol. The van der Waals surface area contributed by atoms with Crippen molar-refractivity contribution in [3.05, 3.63) is 28.8 Å². The van der Waals surface area contributed by atoms with Crippen molar-refractivity contribution >= 4 is 27.5 Å². The van der Waals surface area contributed by atoms with Gasteiger partial charge in [-0.1, -0.05) is 6.07 Å². The number of fused-ring (bicyclic) bond motifs is 1. The van der Waals surface area contributed by atoms with Crippen LogP contribution in [0.4, 0.5) is 0 Å². The van der Waals surface area contributed by atoms with Crippen molar-refractivity contribution in [1.82, 2.24) is 4.98 Å². The number of carboxylic acid groups (broad SMARTS) is 1. The minimum absolute atomic E-state index is 0.169. The summed E-state index contributed by atoms with van der Waals surface area (Å²) in [4.78, 5) is 15.8. The molecule has 4 heteroatoms. The van der Waals surface area contributed by atoms with E-state index in [1.807, 2.05) is 0 Å². The second kappa shape index (κ2) is 4.55. The largest absolute Gasteiger partial charge is 0.481 e. The van der Waals surface area contributed by atoms with Crippen LogP contribution in [0.1, 0.15) is 54.5 Å². The van der Waals surface area contributed by atoms with Crippen LogP contribution < -0.4 is 0 Å². The van der Waals surface area contributed by atoms with E-state index in [1.54, 1.807) is 11.3 Å². The van der Waals surface area contributed by atoms with Gasteiger partial charge in [0.25, 0.3) is 0 Å². The van der Waals surface area contributed by atoms with Gasteiger partial charge in [-0.15, -0.1) is 11.3 Å². The summed E-state index contributed by atoms with van der Waals surface area (Å²) in [5.41, 5.74) is 2.22. The molecule has 1 atom stereocenters. The molecule has 4 rings (SSSR count). The third-order valence-corrected chi connectivity index (χ3v) is 5.57. The molecule has 0 saturated heterocycles. The van der Waals surface area contributed by atoms with Gasteiger partial charge >= 0.3 is 5.97 Å². The van der Waals surface area contributed by atoms with Crippen molar-refractivity contribution < 1.29 is 9.90 Å². The molecule has 1 N–H and O–H groups in total. The molecule has 2 aliphatic rings. The van der Waals surface area contributed by atoms with Gasteiger partial charge in [-0.25, -0.2) is 4.98 Å². The van der Waals surface area contributed by atoms with Crippen molar-refractivity contribution in [2.45, 2.75) is 43.9 Å². The molecule has 3 nitrogen and oxygen atoms in total. The quantitative estimate of drug-likeness (QED) is 0.899. The Morgan fingerprint density at radius 2 is 2.15 bits per heavy atom. The summed E-state index contributed by atoms with van der Waals surface area (Å²) in [6, 6.07) is 6.37. The first kappa shape index (κ1) is 12.3. The van der Waals surface area contributed by atoms with E-state index in [4.69, 9.17) is 10.1 Å². The van der Waals surface area contributed by atoms with Crippen molar-refractivity contribution in [2.75, 3.05) is 0 Å². The lowest BCUT2D eigenvalue weighted by atomic mass is 9.91. The third-order valence-electron chi connectivity index (χ3n) is 4.37. The highest BCUT2D eigenvalue weighted by Gasteiger charge is 2.34. The van der Waals surface area contributed by atoms with Crippen LogP contribution in [0.3, 0.4) is 0 Å². The van der Waals surface area contributed by atoms with E-state index >= 15 is 0 Å². The predicted octanol–water partition coefficient (Wildman–Crippen LogP) is 4.14. The number of aromatic nitrogens is 1. The summed E-state index contributed by atoms with van der Waals surface area (Å²) in [5, 5.41) is 10.4. The highest BCUT2D eigenvalue weighted by Crippen LogP contribution is 2.46. The van der Waals surface area contributed by atoms with Crippen LogP contribution >= 0.6 is 11.3 Å². The number of nitrogens with zero attached hydrogens (tertiary/aromatic N) is 1. The maximum atomic E-state index is 11.1. The number of rotatable bonds is 5. The zero-order valence-corrected chi connectivity index (χ0v) is 12.0. The fourth-order valence-corrected chi connectivity index (χ4v) is 4.06. The lowest BCUT2D eigenvalue weighted by molar-refractivity contribution is -0.137. The first-order valence-electron chi connectivity index (χ1n) is 7.33. The Bertz CT molecular complexity index is 670. The first-order chi connectivity index (χ1) is 9.70. The first-order valence-corrected chi connectivity index (χ1v) is 8.14. The van der Waals surface area contributed by atoms with Crippen LogP contribution in [0.15, 0.2) is 18.2 Å². The molecular weight excluding hydrogens is 270 g/mol. The molecule has 104 valence electrons. The SMILES string of the molecule is O=C(O)CC(c1ccc2sc(C3CC3)nc2c1)C1CC1. The van der Waals surface area contributed by atoms with E-state index in [9.17, 15) is 4.79 Å². The Morgan fingerprint density at radius 1 is 1.35 bits per heavy atom. The van der Waals surface area contributed by atoms with Gasteiger partial charge in [-0.3, -0.25) is 4.79 Å². The fraction of sp³-hybridized carbons (Fsp3) is 0.500. The maximum Gasteiger partial charge on any atom is 0.303 e. The second-order valence-corrected chi connectivity index (χ2v) is 7.16. The normalized spacial score (nSPS) is 20.2. The summed E-state index contributed by atoms with van der Waals surface area (Å²) in [6.45, 7) is 0. The van der Waals surface area contributed by atoms with Crippen LogP contribution in [-0.2, 0) is 4.79 Å². The van der Waals surface area contributed by atoms with Gasteiger partial charge in [0, 0.05) is 5.92 Å². The van der Waals surface area contributed by atoms with E-state index in [0.717, 1.165) is 11.1 Å². The third kappa shape index (κ3) is 2.33. The fourth-order valence-electron chi connectivity index (χ4n) is 2.94. The van der Waals surface area contributed by atoms with E-state index in [2.05, 4.69) is 18.2 Å². The molecule has 2 aromatic rings. The second-order valence-electron chi connectivity index (χ2n) is 6.10. The molecule has 1 heterocycles. The Morgan fingerprint density at radius 3 is 2.80 bits per heavy atom. The Labute approximate surface area is 121 Å². The molecule has 2 aliphatic carbocycles. The number of carboxylic acids is 1. The topological polar surface area (TPSA) is 50.2 Å². The summed E-state index contributed by atoms with van der Waals surface area (Å²) < 4.78 is 1.24. The Hall–Kier alpha value is -1.42. The van der Waals surface area contributed by atoms with Gasteiger partial charge in [0.2, 0.25) is 0 Å². The molecule has 1 aromatic carbocycles. The summed E-state index contributed by atoms with van der Waals surface area (Å²) in [5.74, 6) is 0.723. The molecule has 0 radical (unpaired) electrons. The van der Waals surface area contributed by atoms with Gasteiger partial charge in [-0.2, -0.15) is 0 Å². The summed E-state index contributed by atoms with van der Waals surface area (Å²) in [7, 11) is 0. The van der Waals surface area contributed by atoms with E-state index in [-0.39, 0.29) is 12.3 Å². The van der Waals surface area contributed by atoms with Crippen LogP contribution in [0.2, 0.25) is 0 Å². The number of carbonyl (C=O) groups is 1. The van der Waals surface area contributed by atoms with Gasteiger partial charge in [0.05, 0.1) is 21.6 Å². The molecule has 0 amide bonds. The van der Waals surface area contributed by atoms with Gasteiger partial charge < -0.3 is 5.11 Å². The van der Waals surface area contributed by atoms with Gasteiger partial charge in [-0.05, 0) is 55.2 Å². The molecule has 2 fully saturated rings. The molecule has 1 unspecified atom stereocenters. The average molecular weight is 287 g/mol. The highest BCUT2D eigenvalue weighted by molar-refractivity contribution is 7.18. The van der Waals surface area contributed by atoms with Crippen molar-refractivity contribution in [3.8, 4) is 0 Å². The van der Waals surface area contributed by atoms with Gasteiger partial charge in [0.1, 0.15) is 0 Å². The highest BCUT2D eigenvalue weighted by atomic mass is 32.1. The summed E-state index contributed by atoms with van der Waals surface area (Å²) in [6.07, 6.45) is 5.13. The molecular formula is C16H17NO2S. The molecule has 1 aromatic heterocycles. The number of benzene rings is 1. The number of aliphatic carboxylic acids is 1. The smallest absolute Gasteiger partial charge is 0.303 e. The lowest BCUT2D eigenvalue weighted by Crippen LogP contribution is -2.08. The number of hydrogen-bond acceptors (Lipinski definition) is 3. The van der Waals surface area contributed by atoms with Crippen molar-refractivity contribution in [2.24, 2.45) is 5.92 Å². The minimum Gasteiger partial charge on any atom is -0.481 e. The number of thiazole rings is 1. The van der Waals surface area contributed by atoms with Crippen LogP contribution in [-0.4, -0.2) is 16.1 Å².